The lowest BCUT2D eigenvalue weighted by atomic mass is 10.1. The lowest BCUT2D eigenvalue weighted by molar-refractivity contribution is -0.140. The van der Waals surface area contributed by atoms with E-state index in [0.29, 0.717) is 13.1 Å². The molecule has 5 nitrogen and oxygen atoms in total. The molecule has 1 saturated heterocycles. The number of carbonyl (C=O) groups excluding carboxylic acids is 1. The Morgan fingerprint density at radius 2 is 2.11 bits per heavy atom. The van der Waals surface area contributed by atoms with E-state index in [-0.39, 0.29) is 18.4 Å². The van der Waals surface area contributed by atoms with Gasteiger partial charge in [-0.3, -0.25) is 9.59 Å². The van der Waals surface area contributed by atoms with E-state index in [1.165, 1.54) is 0 Å². The fraction of sp³-hybridized carbons (Fsp3) is 0.429. The fourth-order valence-electron chi connectivity index (χ4n) is 2.42. The maximum absolute atomic E-state index is 12.0. The molecule has 0 spiro atoms. The number of benzene rings is 1. The largest absolute Gasteiger partial charge is 0.481 e. The minimum atomic E-state index is -0.878. The van der Waals surface area contributed by atoms with Crippen LogP contribution in [0, 0.1) is 6.92 Å². The van der Waals surface area contributed by atoms with E-state index in [4.69, 9.17) is 5.11 Å². The average molecular weight is 262 g/mol. The normalized spacial score (nSPS) is 19.7. The van der Waals surface area contributed by atoms with Crippen LogP contribution >= 0.6 is 0 Å². The first kappa shape index (κ1) is 13.4. The van der Waals surface area contributed by atoms with Gasteiger partial charge in [0.15, 0.2) is 0 Å². The van der Waals surface area contributed by atoms with Crippen molar-refractivity contribution < 1.29 is 14.7 Å². The summed E-state index contributed by atoms with van der Waals surface area (Å²) >= 11 is 0. The predicted octanol–water partition coefficient (Wildman–Crippen LogP) is 1.12. The van der Waals surface area contributed by atoms with Crippen molar-refractivity contribution in [1.29, 1.82) is 0 Å². The monoisotopic (exact) mass is 262 g/mol. The van der Waals surface area contributed by atoms with Gasteiger partial charge in [-0.1, -0.05) is 18.2 Å². The van der Waals surface area contributed by atoms with Crippen molar-refractivity contribution >= 4 is 17.6 Å². The van der Waals surface area contributed by atoms with Crippen LogP contribution in [-0.4, -0.2) is 48.1 Å². The predicted molar refractivity (Wildman–Crippen MR) is 72.2 cm³/mol. The van der Waals surface area contributed by atoms with Crippen LogP contribution in [0.3, 0.4) is 0 Å². The molecule has 1 N–H and O–H groups in total. The summed E-state index contributed by atoms with van der Waals surface area (Å²) in [6, 6.07) is 7.55. The number of anilines is 1. The van der Waals surface area contributed by atoms with E-state index < -0.39 is 5.97 Å². The average Bonchev–Trinajstić information content (AvgIpc) is 2.35. The van der Waals surface area contributed by atoms with Gasteiger partial charge in [0, 0.05) is 19.3 Å². The number of rotatable bonds is 3. The molecule has 1 aliphatic heterocycles. The Kier molecular flexibility index (Phi) is 3.74. The Morgan fingerprint density at radius 1 is 1.42 bits per heavy atom. The molecule has 1 aliphatic rings. The minimum Gasteiger partial charge on any atom is -0.481 e. The summed E-state index contributed by atoms with van der Waals surface area (Å²) in [5.74, 6) is -0.919. The van der Waals surface area contributed by atoms with Crippen LogP contribution in [0.2, 0.25) is 0 Å². The molecule has 0 saturated carbocycles. The summed E-state index contributed by atoms with van der Waals surface area (Å²) in [6.45, 7) is 2.85. The smallest absolute Gasteiger partial charge is 0.305 e. The number of carboxylic acids is 1. The number of aliphatic carboxylic acids is 1. The molecule has 0 aliphatic carbocycles. The van der Waals surface area contributed by atoms with Crippen LogP contribution in [0.1, 0.15) is 12.0 Å². The second kappa shape index (κ2) is 5.30. The molecule has 0 aromatic heterocycles. The van der Waals surface area contributed by atoms with Gasteiger partial charge in [-0.15, -0.1) is 0 Å². The Balaban J connectivity index is 2.22. The van der Waals surface area contributed by atoms with E-state index in [2.05, 4.69) is 0 Å². The molecule has 102 valence electrons. The molecule has 2 rings (SSSR count). The third-order valence-electron chi connectivity index (χ3n) is 3.56. The molecule has 1 unspecified atom stereocenters. The molecule has 1 aromatic carbocycles. The second-order valence-electron chi connectivity index (χ2n) is 4.92. The van der Waals surface area contributed by atoms with Gasteiger partial charge in [-0.25, -0.2) is 0 Å². The van der Waals surface area contributed by atoms with Crippen molar-refractivity contribution in [2.75, 3.05) is 25.0 Å². The van der Waals surface area contributed by atoms with Crippen molar-refractivity contribution in [3.05, 3.63) is 29.8 Å². The van der Waals surface area contributed by atoms with Gasteiger partial charge < -0.3 is 14.9 Å². The standard InChI is InChI=1S/C14H18N2O3/c1-10-5-3-4-6-12(10)16-8-11(7-14(18)19)15(2)13(17)9-16/h3-6,11H,7-9H2,1-2H3,(H,18,19). The number of aryl methyl sites for hydroxylation is 1. The number of para-hydroxylation sites is 1. The minimum absolute atomic E-state index is 0.0232. The fourth-order valence-corrected chi connectivity index (χ4v) is 2.42. The van der Waals surface area contributed by atoms with Crippen molar-refractivity contribution in [2.24, 2.45) is 0 Å². The summed E-state index contributed by atoms with van der Waals surface area (Å²) in [6.07, 6.45) is -0.0232. The van der Waals surface area contributed by atoms with Crippen LogP contribution in [0.15, 0.2) is 24.3 Å². The van der Waals surface area contributed by atoms with Crippen molar-refractivity contribution in [2.45, 2.75) is 19.4 Å². The summed E-state index contributed by atoms with van der Waals surface area (Å²) in [5.41, 5.74) is 2.09. The summed E-state index contributed by atoms with van der Waals surface area (Å²) in [4.78, 5) is 26.4. The van der Waals surface area contributed by atoms with Gasteiger partial charge in [0.1, 0.15) is 0 Å². The van der Waals surface area contributed by atoms with E-state index in [9.17, 15) is 9.59 Å². The van der Waals surface area contributed by atoms with Crippen molar-refractivity contribution in [1.82, 2.24) is 4.90 Å². The second-order valence-corrected chi connectivity index (χ2v) is 4.92. The number of likely N-dealkylation sites (N-methyl/N-ethyl adjacent to an activating group) is 1. The molecule has 5 heteroatoms. The Morgan fingerprint density at radius 3 is 2.74 bits per heavy atom. The zero-order valence-electron chi connectivity index (χ0n) is 11.2. The highest BCUT2D eigenvalue weighted by atomic mass is 16.4. The van der Waals surface area contributed by atoms with Crippen LogP contribution in [0.5, 0.6) is 0 Å². The first-order chi connectivity index (χ1) is 8.99. The zero-order valence-corrected chi connectivity index (χ0v) is 11.2. The topological polar surface area (TPSA) is 60.9 Å². The molecule has 1 aromatic rings. The third-order valence-corrected chi connectivity index (χ3v) is 3.56. The number of amides is 1. The number of hydrogen-bond donors (Lipinski definition) is 1. The summed E-state index contributed by atoms with van der Waals surface area (Å²) in [5, 5.41) is 8.92. The van der Waals surface area contributed by atoms with Gasteiger partial charge in [0.25, 0.3) is 0 Å². The Hall–Kier alpha value is -2.04. The first-order valence-electron chi connectivity index (χ1n) is 6.27. The highest BCUT2D eigenvalue weighted by Crippen LogP contribution is 2.23. The summed E-state index contributed by atoms with van der Waals surface area (Å²) in [7, 11) is 1.67. The molecule has 1 atom stereocenters. The Labute approximate surface area is 112 Å². The molecule has 0 bridgehead atoms. The molecule has 1 heterocycles. The van der Waals surface area contributed by atoms with Gasteiger partial charge in [0.2, 0.25) is 5.91 Å². The van der Waals surface area contributed by atoms with Crippen LogP contribution in [0.25, 0.3) is 0 Å². The lowest BCUT2D eigenvalue weighted by Gasteiger charge is -2.40. The lowest BCUT2D eigenvalue weighted by Crippen LogP contribution is -2.55. The number of nitrogens with zero attached hydrogens (tertiary/aromatic N) is 2. The van der Waals surface area contributed by atoms with E-state index >= 15 is 0 Å². The van der Waals surface area contributed by atoms with E-state index in [1.54, 1.807) is 11.9 Å². The van der Waals surface area contributed by atoms with Crippen LogP contribution in [-0.2, 0) is 9.59 Å². The van der Waals surface area contributed by atoms with Gasteiger partial charge in [0.05, 0.1) is 19.0 Å². The third kappa shape index (κ3) is 2.86. The number of carbonyl (C=O) groups is 2. The quantitative estimate of drug-likeness (QED) is 0.886. The SMILES string of the molecule is Cc1ccccc1N1CC(=O)N(C)C(CC(=O)O)C1. The van der Waals surface area contributed by atoms with Gasteiger partial charge >= 0.3 is 5.97 Å². The first-order valence-corrected chi connectivity index (χ1v) is 6.27. The molecule has 19 heavy (non-hydrogen) atoms. The van der Waals surface area contributed by atoms with Gasteiger partial charge in [-0.05, 0) is 18.6 Å². The highest BCUT2D eigenvalue weighted by molar-refractivity contribution is 5.84. The zero-order chi connectivity index (χ0) is 14.0. The molecular weight excluding hydrogens is 244 g/mol. The molecular formula is C14H18N2O3. The molecule has 0 radical (unpaired) electrons. The molecule has 1 amide bonds. The van der Waals surface area contributed by atoms with E-state index in [0.717, 1.165) is 11.3 Å². The van der Waals surface area contributed by atoms with Crippen LogP contribution in [0.4, 0.5) is 5.69 Å². The van der Waals surface area contributed by atoms with Crippen LogP contribution < -0.4 is 4.90 Å². The summed E-state index contributed by atoms with van der Waals surface area (Å²) < 4.78 is 0. The maximum Gasteiger partial charge on any atom is 0.305 e. The Bertz CT molecular complexity index is 501. The number of hydrogen-bond acceptors (Lipinski definition) is 3. The van der Waals surface area contributed by atoms with Crippen molar-refractivity contribution in [3.8, 4) is 0 Å². The van der Waals surface area contributed by atoms with E-state index in [1.807, 2.05) is 36.1 Å². The number of carboxylic acid groups (broad SMARTS) is 1. The van der Waals surface area contributed by atoms with Gasteiger partial charge in [-0.2, -0.15) is 0 Å². The maximum atomic E-state index is 12.0. The highest BCUT2D eigenvalue weighted by Gasteiger charge is 2.31. The van der Waals surface area contributed by atoms with Crippen molar-refractivity contribution in [3.63, 3.8) is 0 Å². The molecule has 1 fully saturated rings. The number of piperazine rings is 1.